The van der Waals surface area contributed by atoms with Crippen molar-refractivity contribution in [2.45, 2.75) is 23.9 Å². The molecule has 0 fully saturated rings. The van der Waals surface area contributed by atoms with Crippen LogP contribution in [0.5, 0.6) is 0 Å². The van der Waals surface area contributed by atoms with Crippen molar-refractivity contribution >= 4 is 15.8 Å². The number of hydrogen-bond acceptors (Lipinski definition) is 4. The molecule has 4 nitrogen and oxygen atoms in total. The number of allylic oxidation sites excluding steroid dienone is 1. The Balaban J connectivity index is 3.37. The minimum Gasteiger partial charge on any atom is -0.468 e. The minimum atomic E-state index is -4.07. The fourth-order valence-corrected chi connectivity index (χ4v) is 2.95. The minimum absolute atomic E-state index is 0.0741. The summed E-state index contributed by atoms with van der Waals surface area (Å²) < 4.78 is 51.2. The summed E-state index contributed by atoms with van der Waals surface area (Å²) in [5, 5.41) is -1.69. The van der Waals surface area contributed by atoms with Crippen LogP contribution in [0.1, 0.15) is 17.9 Å². The van der Waals surface area contributed by atoms with E-state index in [0.717, 1.165) is 13.2 Å². The molecule has 0 saturated heterocycles. The van der Waals surface area contributed by atoms with E-state index < -0.39 is 27.9 Å². The average molecular weight is 271 g/mol. The SMILES string of the molecule is [2H]C([2H])([2H])/C(C)=C/C(C(=O)OC)S(=O)(=O)c1ccccc1. The van der Waals surface area contributed by atoms with Crippen LogP contribution < -0.4 is 0 Å². The lowest BCUT2D eigenvalue weighted by molar-refractivity contribution is -0.139. The van der Waals surface area contributed by atoms with E-state index in [1.165, 1.54) is 31.2 Å². The largest absolute Gasteiger partial charge is 0.468 e. The summed E-state index contributed by atoms with van der Waals surface area (Å²) in [7, 11) is -3.02. The molecule has 1 rings (SSSR count). The third-order valence-corrected chi connectivity index (χ3v) is 4.17. The lowest BCUT2D eigenvalue weighted by Gasteiger charge is -2.12. The Morgan fingerprint density at radius 1 is 1.39 bits per heavy atom. The molecule has 0 aliphatic heterocycles. The highest BCUT2D eigenvalue weighted by Crippen LogP contribution is 2.18. The molecule has 0 radical (unpaired) electrons. The number of esters is 1. The van der Waals surface area contributed by atoms with E-state index in [2.05, 4.69) is 4.74 Å². The molecule has 1 aromatic rings. The topological polar surface area (TPSA) is 60.4 Å². The second-order valence-corrected chi connectivity index (χ2v) is 5.72. The Morgan fingerprint density at radius 2 is 2.00 bits per heavy atom. The number of methoxy groups -OCH3 is 1. The van der Waals surface area contributed by atoms with Gasteiger partial charge in [-0.3, -0.25) is 4.79 Å². The van der Waals surface area contributed by atoms with Crippen LogP contribution in [-0.2, 0) is 19.4 Å². The van der Waals surface area contributed by atoms with Gasteiger partial charge in [0.25, 0.3) is 0 Å². The number of benzene rings is 1. The molecule has 5 heteroatoms. The molecule has 0 heterocycles. The highest BCUT2D eigenvalue weighted by Gasteiger charge is 2.32. The van der Waals surface area contributed by atoms with E-state index >= 15 is 0 Å². The van der Waals surface area contributed by atoms with Gasteiger partial charge in [0.1, 0.15) is 0 Å². The fraction of sp³-hybridized carbons (Fsp3) is 0.308. The Kier molecular flexibility index (Phi) is 3.33. The Morgan fingerprint density at radius 3 is 2.50 bits per heavy atom. The first kappa shape index (κ1) is 10.3. The van der Waals surface area contributed by atoms with E-state index in [4.69, 9.17) is 4.11 Å². The van der Waals surface area contributed by atoms with Gasteiger partial charge >= 0.3 is 5.97 Å². The van der Waals surface area contributed by atoms with Gasteiger partial charge in [0.15, 0.2) is 15.1 Å². The number of sulfone groups is 1. The van der Waals surface area contributed by atoms with Crippen molar-refractivity contribution in [1.29, 1.82) is 0 Å². The van der Waals surface area contributed by atoms with Gasteiger partial charge in [-0.1, -0.05) is 29.8 Å². The van der Waals surface area contributed by atoms with Crippen LogP contribution in [0.4, 0.5) is 0 Å². The van der Waals surface area contributed by atoms with Gasteiger partial charge in [0.2, 0.25) is 0 Å². The number of carbonyl (C=O) groups excluding carboxylic acids is 1. The van der Waals surface area contributed by atoms with Gasteiger partial charge in [-0.15, -0.1) is 0 Å². The molecule has 0 spiro atoms. The Bertz CT molecular complexity index is 633. The van der Waals surface area contributed by atoms with Crippen LogP contribution in [0.2, 0.25) is 0 Å². The summed E-state index contributed by atoms with van der Waals surface area (Å²) in [4.78, 5) is 11.7. The molecule has 0 aliphatic rings. The molecule has 18 heavy (non-hydrogen) atoms. The van der Waals surface area contributed by atoms with Crippen molar-refractivity contribution in [3.8, 4) is 0 Å². The molecule has 0 aromatic heterocycles. The summed E-state index contributed by atoms with van der Waals surface area (Å²) in [5.74, 6) is -1.03. The van der Waals surface area contributed by atoms with Crippen LogP contribution in [0.25, 0.3) is 0 Å². The fourth-order valence-electron chi connectivity index (χ4n) is 1.38. The maximum atomic E-state index is 12.5. The van der Waals surface area contributed by atoms with Crippen molar-refractivity contribution in [2.75, 3.05) is 7.11 Å². The van der Waals surface area contributed by atoms with Crippen molar-refractivity contribution < 1.29 is 22.1 Å². The highest BCUT2D eigenvalue weighted by molar-refractivity contribution is 7.93. The van der Waals surface area contributed by atoms with Crippen LogP contribution in [0, 0.1) is 0 Å². The molecular weight excluding hydrogens is 252 g/mol. The Labute approximate surface area is 111 Å². The molecule has 0 N–H and O–H groups in total. The van der Waals surface area contributed by atoms with Gasteiger partial charge in [0.05, 0.1) is 12.0 Å². The molecular formula is C13H16O4S. The van der Waals surface area contributed by atoms with Crippen molar-refractivity contribution in [2.24, 2.45) is 0 Å². The number of carbonyl (C=O) groups is 1. The molecule has 1 aromatic carbocycles. The summed E-state index contributed by atoms with van der Waals surface area (Å²) in [5.41, 5.74) is -0.183. The number of rotatable bonds is 4. The van der Waals surface area contributed by atoms with Crippen LogP contribution in [-0.4, -0.2) is 26.7 Å². The molecule has 0 aliphatic carbocycles. The second-order valence-electron chi connectivity index (χ2n) is 3.65. The summed E-state index contributed by atoms with van der Waals surface area (Å²) in [6.07, 6.45) is 0.918. The molecule has 1 unspecified atom stereocenters. The van der Waals surface area contributed by atoms with Gasteiger partial charge in [-0.2, -0.15) is 0 Å². The van der Waals surface area contributed by atoms with Gasteiger partial charge in [-0.25, -0.2) is 8.42 Å². The van der Waals surface area contributed by atoms with Crippen molar-refractivity contribution in [3.05, 3.63) is 42.0 Å². The third kappa shape index (κ3) is 3.20. The Hall–Kier alpha value is -1.62. The highest BCUT2D eigenvalue weighted by atomic mass is 32.2. The van der Waals surface area contributed by atoms with Gasteiger partial charge < -0.3 is 4.74 Å². The second kappa shape index (κ2) is 5.82. The maximum Gasteiger partial charge on any atom is 0.328 e. The van der Waals surface area contributed by atoms with E-state index in [-0.39, 0.29) is 10.5 Å². The maximum absolute atomic E-state index is 12.5. The molecule has 98 valence electrons. The molecule has 0 bridgehead atoms. The van der Waals surface area contributed by atoms with E-state index in [9.17, 15) is 13.2 Å². The van der Waals surface area contributed by atoms with E-state index in [1.807, 2.05) is 0 Å². The van der Waals surface area contributed by atoms with Gasteiger partial charge in [0, 0.05) is 4.11 Å². The normalized spacial score (nSPS) is 17.2. The zero-order valence-corrected chi connectivity index (χ0v) is 10.9. The molecule has 0 amide bonds. The van der Waals surface area contributed by atoms with Crippen molar-refractivity contribution in [3.63, 3.8) is 0 Å². The monoisotopic (exact) mass is 271 g/mol. The average Bonchev–Trinajstić information content (AvgIpc) is 2.43. The standard InChI is InChI=1S/C13H16O4S/c1-10(2)9-12(13(14)17-3)18(15,16)11-7-5-4-6-8-11/h4-9,12H,1-3H3/i1D3/b10-9-. The predicted octanol–water partition coefficient (Wildman–Crippen LogP) is 1.97. The van der Waals surface area contributed by atoms with Gasteiger partial charge in [-0.05, 0) is 25.9 Å². The van der Waals surface area contributed by atoms with Crippen LogP contribution >= 0.6 is 0 Å². The summed E-state index contributed by atoms with van der Waals surface area (Å²) in [6, 6.07) is 7.34. The molecule has 0 saturated carbocycles. The van der Waals surface area contributed by atoms with Crippen LogP contribution in [0.15, 0.2) is 46.9 Å². The summed E-state index contributed by atoms with van der Waals surface area (Å²) in [6.45, 7) is -1.22. The quantitative estimate of drug-likeness (QED) is 0.620. The van der Waals surface area contributed by atoms with Crippen molar-refractivity contribution in [1.82, 2.24) is 0 Å². The lowest BCUT2D eigenvalue weighted by atomic mass is 10.3. The van der Waals surface area contributed by atoms with E-state index in [0.29, 0.717) is 0 Å². The zero-order chi connectivity index (χ0) is 16.3. The first-order chi connectivity index (χ1) is 9.60. The summed E-state index contributed by atoms with van der Waals surface area (Å²) >= 11 is 0. The number of hydrogen-bond donors (Lipinski definition) is 0. The number of ether oxygens (including phenoxy) is 1. The third-order valence-electron chi connectivity index (χ3n) is 2.24. The smallest absolute Gasteiger partial charge is 0.328 e. The van der Waals surface area contributed by atoms with Crippen LogP contribution in [0.3, 0.4) is 0 Å². The predicted molar refractivity (Wildman–Crippen MR) is 68.9 cm³/mol. The first-order valence-electron chi connectivity index (χ1n) is 6.66. The zero-order valence-electron chi connectivity index (χ0n) is 13.1. The lowest BCUT2D eigenvalue weighted by Crippen LogP contribution is -2.30. The molecule has 1 atom stereocenters. The van der Waals surface area contributed by atoms with E-state index in [1.54, 1.807) is 6.07 Å². The first-order valence-corrected chi connectivity index (χ1v) is 6.71.